The van der Waals surface area contributed by atoms with Crippen LogP contribution in [0.1, 0.15) is 31.0 Å². The lowest BCUT2D eigenvalue weighted by Crippen LogP contribution is -2.31. The van der Waals surface area contributed by atoms with E-state index in [0.29, 0.717) is 5.56 Å². The highest BCUT2D eigenvalue weighted by atomic mass is 31.2. The number of amides is 1. The van der Waals surface area contributed by atoms with Crippen LogP contribution in [0.2, 0.25) is 0 Å². The molecule has 0 unspecified atom stereocenters. The van der Waals surface area contributed by atoms with Crippen molar-refractivity contribution in [3.8, 4) is 0 Å². The van der Waals surface area contributed by atoms with E-state index in [0.717, 1.165) is 5.56 Å². The van der Waals surface area contributed by atoms with Crippen LogP contribution in [0.3, 0.4) is 0 Å². The molecule has 10 heteroatoms. The number of alkyl carbamates (subject to hydrolysis) is 1. The molecule has 0 radical (unpaired) electrons. The van der Waals surface area contributed by atoms with Gasteiger partial charge in [-0.15, -0.1) is 0 Å². The topological polar surface area (TPSA) is 117 Å². The lowest BCUT2D eigenvalue weighted by molar-refractivity contribution is -0.384. The number of hydrogen-bond donors (Lipinski definition) is 1. The molecule has 1 N–H and O–H groups in total. The van der Waals surface area contributed by atoms with Crippen molar-refractivity contribution in [3.05, 3.63) is 75.8 Å². The van der Waals surface area contributed by atoms with Gasteiger partial charge in [0, 0.05) is 12.1 Å². The number of nitrogens with zero attached hydrogens (tertiary/aromatic N) is 1. The Kier molecular flexibility index (Phi) is 8.98. The third kappa shape index (κ3) is 7.26. The summed E-state index contributed by atoms with van der Waals surface area (Å²) in [5.41, 5.74) is 1.23. The molecule has 2 aromatic rings. The van der Waals surface area contributed by atoms with Gasteiger partial charge in [0.15, 0.2) is 0 Å². The summed E-state index contributed by atoms with van der Waals surface area (Å²) in [5, 5.41) is 13.6. The van der Waals surface area contributed by atoms with Gasteiger partial charge in [0.05, 0.1) is 30.3 Å². The molecule has 9 nitrogen and oxygen atoms in total. The fourth-order valence-electron chi connectivity index (χ4n) is 2.73. The molecule has 0 spiro atoms. The number of nitro groups is 1. The first kappa shape index (κ1) is 23.5. The second-order valence-corrected chi connectivity index (χ2v) is 8.34. The van der Waals surface area contributed by atoms with Crippen LogP contribution in [0, 0.1) is 10.1 Å². The van der Waals surface area contributed by atoms with Crippen molar-refractivity contribution >= 4 is 19.4 Å². The van der Waals surface area contributed by atoms with Gasteiger partial charge >= 0.3 is 13.7 Å². The Morgan fingerprint density at radius 2 is 1.67 bits per heavy atom. The number of rotatable bonds is 11. The van der Waals surface area contributed by atoms with Gasteiger partial charge in [0.2, 0.25) is 0 Å². The molecule has 1 amide bonds. The molecule has 2 aromatic carbocycles. The van der Waals surface area contributed by atoms with E-state index in [1.165, 1.54) is 24.3 Å². The van der Waals surface area contributed by atoms with Gasteiger partial charge in [-0.05, 0) is 25.0 Å². The number of carbonyl (C=O) groups is 1. The zero-order valence-corrected chi connectivity index (χ0v) is 17.7. The smallest absolute Gasteiger partial charge is 0.407 e. The normalized spacial score (nSPS) is 12.2. The Bertz CT molecular complexity index is 864. The maximum Gasteiger partial charge on any atom is 0.407 e. The molecule has 1 atom stereocenters. The SMILES string of the molecule is CCOP(=O)(C[C@H](NC(=O)OCc1ccccc1)c1ccc([N+](=O)[O-])cc1)OCC. The summed E-state index contributed by atoms with van der Waals surface area (Å²) in [4.78, 5) is 22.8. The maximum atomic E-state index is 13.0. The number of ether oxygens (including phenoxy) is 1. The quantitative estimate of drug-likeness (QED) is 0.305. The monoisotopic (exact) mass is 436 g/mol. The van der Waals surface area contributed by atoms with Crippen LogP contribution in [0.25, 0.3) is 0 Å². The predicted molar refractivity (Wildman–Crippen MR) is 111 cm³/mol. The molecule has 0 aromatic heterocycles. The van der Waals surface area contributed by atoms with Crippen LogP contribution < -0.4 is 5.32 Å². The first-order chi connectivity index (χ1) is 14.4. The summed E-state index contributed by atoms with van der Waals surface area (Å²) in [6.45, 7) is 3.78. The maximum absolute atomic E-state index is 13.0. The Labute approximate surface area is 175 Å². The van der Waals surface area contributed by atoms with Crippen molar-refractivity contribution in [2.75, 3.05) is 19.4 Å². The summed E-state index contributed by atoms with van der Waals surface area (Å²) < 4.78 is 28.9. The van der Waals surface area contributed by atoms with E-state index in [4.69, 9.17) is 13.8 Å². The number of nitro benzene ring substituents is 1. The average Bonchev–Trinajstić information content (AvgIpc) is 2.73. The molecular formula is C20H25N2O7P. The Hall–Kier alpha value is -2.74. The number of benzene rings is 2. The third-order valence-corrected chi connectivity index (χ3v) is 6.18. The first-order valence-electron chi connectivity index (χ1n) is 9.46. The number of hydrogen-bond acceptors (Lipinski definition) is 7. The number of carbonyl (C=O) groups excluding carboxylic acids is 1. The zero-order chi connectivity index (χ0) is 22.0. The second-order valence-electron chi connectivity index (χ2n) is 6.24. The molecule has 0 aliphatic carbocycles. The van der Waals surface area contributed by atoms with Crippen molar-refractivity contribution in [3.63, 3.8) is 0 Å². The summed E-state index contributed by atoms with van der Waals surface area (Å²) in [5.74, 6) is 0. The van der Waals surface area contributed by atoms with Crippen LogP contribution in [-0.2, 0) is 25.0 Å². The molecule has 0 saturated carbocycles. The van der Waals surface area contributed by atoms with Crippen LogP contribution in [0.5, 0.6) is 0 Å². The molecule has 162 valence electrons. The van der Waals surface area contributed by atoms with Gasteiger partial charge in [-0.2, -0.15) is 0 Å². The minimum Gasteiger partial charge on any atom is -0.445 e. The van der Waals surface area contributed by atoms with Crippen molar-refractivity contribution in [2.24, 2.45) is 0 Å². The fourth-order valence-corrected chi connectivity index (χ4v) is 4.55. The lowest BCUT2D eigenvalue weighted by atomic mass is 10.1. The van der Waals surface area contributed by atoms with Gasteiger partial charge in [0.25, 0.3) is 5.69 Å². The predicted octanol–water partition coefficient (Wildman–Crippen LogP) is 4.83. The van der Waals surface area contributed by atoms with E-state index in [9.17, 15) is 19.5 Å². The van der Waals surface area contributed by atoms with Crippen LogP contribution >= 0.6 is 7.60 Å². The van der Waals surface area contributed by atoms with E-state index in [-0.39, 0.29) is 31.7 Å². The Morgan fingerprint density at radius 1 is 1.07 bits per heavy atom. The average molecular weight is 436 g/mol. The van der Waals surface area contributed by atoms with Gasteiger partial charge in [-0.25, -0.2) is 4.79 Å². The molecule has 30 heavy (non-hydrogen) atoms. The molecule has 0 aliphatic rings. The van der Waals surface area contributed by atoms with E-state index in [1.54, 1.807) is 13.8 Å². The summed E-state index contributed by atoms with van der Waals surface area (Å²) >= 11 is 0. The van der Waals surface area contributed by atoms with E-state index < -0.39 is 24.7 Å². The van der Waals surface area contributed by atoms with E-state index >= 15 is 0 Å². The van der Waals surface area contributed by atoms with Crippen LogP contribution in [0.15, 0.2) is 54.6 Å². The second kappa shape index (κ2) is 11.4. The van der Waals surface area contributed by atoms with E-state index in [1.807, 2.05) is 30.3 Å². The van der Waals surface area contributed by atoms with Gasteiger partial charge in [-0.1, -0.05) is 42.5 Å². The lowest BCUT2D eigenvalue weighted by Gasteiger charge is -2.24. The van der Waals surface area contributed by atoms with Crippen molar-refractivity contribution in [1.82, 2.24) is 5.32 Å². The zero-order valence-electron chi connectivity index (χ0n) is 16.9. The van der Waals surface area contributed by atoms with Crippen molar-refractivity contribution < 1.29 is 28.1 Å². The van der Waals surface area contributed by atoms with E-state index in [2.05, 4.69) is 5.32 Å². The standard InChI is InChI=1S/C20H25N2O7P/c1-3-28-30(26,29-4-2)15-19(17-10-12-18(13-11-17)22(24)25)21-20(23)27-14-16-8-6-5-7-9-16/h5-13,19H,3-4,14-15H2,1-2H3,(H,21,23)/t19-/m0/s1. The summed E-state index contributed by atoms with van der Waals surface area (Å²) in [7, 11) is -3.51. The van der Waals surface area contributed by atoms with Crippen molar-refractivity contribution in [2.45, 2.75) is 26.5 Å². The highest BCUT2D eigenvalue weighted by molar-refractivity contribution is 7.53. The third-order valence-electron chi connectivity index (χ3n) is 4.07. The van der Waals surface area contributed by atoms with Crippen LogP contribution in [0.4, 0.5) is 10.5 Å². The van der Waals surface area contributed by atoms with Gasteiger partial charge < -0.3 is 19.1 Å². The number of nitrogens with one attached hydrogen (secondary N) is 1. The highest BCUT2D eigenvalue weighted by Gasteiger charge is 2.31. The van der Waals surface area contributed by atoms with Crippen LogP contribution in [-0.4, -0.2) is 30.4 Å². The largest absolute Gasteiger partial charge is 0.445 e. The number of non-ortho nitro benzene ring substituents is 1. The highest BCUT2D eigenvalue weighted by Crippen LogP contribution is 2.50. The van der Waals surface area contributed by atoms with Crippen molar-refractivity contribution in [1.29, 1.82) is 0 Å². The minimum absolute atomic E-state index is 0.0637. The molecule has 0 heterocycles. The first-order valence-corrected chi connectivity index (χ1v) is 11.2. The Balaban J connectivity index is 2.17. The molecular weight excluding hydrogens is 411 g/mol. The van der Waals surface area contributed by atoms with Gasteiger partial charge in [-0.3, -0.25) is 14.7 Å². The summed E-state index contributed by atoms with van der Waals surface area (Å²) in [6, 6.07) is 14.0. The Morgan fingerprint density at radius 3 is 2.20 bits per heavy atom. The minimum atomic E-state index is -3.51. The molecule has 2 rings (SSSR count). The fraction of sp³-hybridized carbons (Fsp3) is 0.350. The molecule has 0 bridgehead atoms. The molecule has 0 aliphatic heterocycles. The van der Waals surface area contributed by atoms with Gasteiger partial charge in [0.1, 0.15) is 6.61 Å². The molecule has 0 fully saturated rings. The summed E-state index contributed by atoms with van der Waals surface area (Å²) in [6.07, 6.45) is -0.867. The molecule has 0 saturated heterocycles.